The Hall–Kier alpha value is -4.39. The van der Waals surface area contributed by atoms with Gasteiger partial charge in [-0.25, -0.2) is 0 Å². The van der Waals surface area contributed by atoms with Crippen LogP contribution in [0.4, 0.5) is 11.4 Å². The molecule has 0 aromatic heterocycles. The van der Waals surface area contributed by atoms with Crippen molar-refractivity contribution in [1.82, 2.24) is 0 Å². The number of carbonyl (C=O) groups excluding carboxylic acids is 1. The maximum Gasteiger partial charge on any atom is 0.248 e. The molecule has 0 bridgehead atoms. The third kappa shape index (κ3) is 5.86. The molecule has 7 nitrogen and oxygen atoms in total. The van der Waals surface area contributed by atoms with Gasteiger partial charge < -0.3 is 30.4 Å². The summed E-state index contributed by atoms with van der Waals surface area (Å²) in [6, 6.07) is 15.8. The Labute approximate surface area is 192 Å². The maximum atomic E-state index is 12.5. The van der Waals surface area contributed by atoms with Crippen molar-refractivity contribution in [3.63, 3.8) is 0 Å². The molecule has 0 radical (unpaired) electrons. The van der Waals surface area contributed by atoms with Crippen LogP contribution in [-0.4, -0.2) is 32.3 Å². The highest BCUT2D eigenvalue weighted by Gasteiger charge is 2.13. The molecule has 0 saturated carbocycles. The minimum atomic E-state index is -0.388. The van der Waals surface area contributed by atoms with Crippen LogP contribution < -0.4 is 25.3 Å². The number of hydrogen-bond acceptors (Lipinski definition) is 6. The molecular formula is C26H26N2O5. The molecule has 0 spiro atoms. The van der Waals surface area contributed by atoms with Gasteiger partial charge in [-0.2, -0.15) is 0 Å². The molecule has 0 aliphatic carbocycles. The predicted molar refractivity (Wildman–Crippen MR) is 132 cm³/mol. The highest BCUT2D eigenvalue weighted by atomic mass is 16.5. The first-order valence-corrected chi connectivity index (χ1v) is 10.1. The summed E-state index contributed by atoms with van der Waals surface area (Å²) < 4.78 is 16.1. The Bertz CT molecular complexity index is 1180. The number of amides is 1. The number of benzene rings is 3. The highest BCUT2D eigenvalue weighted by Crippen LogP contribution is 2.39. The van der Waals surface area contributed by atoms with Crippen molar-refractivity contribution < 1.29 is 24.1 Å². The van der Waals surface area contributed by atoms with Gasteiger partial charge in [0, 0.05) is 17.3 Å². The van der Waals surface area contributed by atoms with Crippen molar-refractivity contribution in [1.29, 1.82) is 0 Å². The van der Waals surface area contributed by atoms with Crippen molar-refractivity contribution in [2.24, 2.45) is 0 Å². The number of nitrogen functional groups attached to an aromatic ring is 1. The van der Waals surface area contributed by atoms with Gasteiger partial charge in [0.2, 0.25) is 11.7 Å². The number of phenolic OH excluding ortho intramolecular Hbond substituents is 1. The number of rotatable bonds is 8. The largest absolute Gasteiger partial charge is 0.506 e. The van der Waals surface area contributed by atoms with Gasteiger partial charge in [-0.15, -0.1) is 0 Å². The molecule has 3 aromatic rings. The molecule has 0 aliphatic rings. The number of methoxy groups -OCH3 is 3. The van der Waals surface area contributed by atoms with E-state index in [4.69, 9.17) is 19.9 Å². The summed E-state index contributed by atoms with van der Waals surface area (Å²) in [6.45, 7) is 0. The molecule has 3 aromatic carbocycles. The van der Waals surface area contributed by atoms with Crippen LogP contribution in [0.15, 0.2) is 60.7 Å². The lowest BCUT2D eigenvalue weighted by Crippen LogP contribution is -2.09. The minimum absolute atomic E-state index is 0.0484. The van der Waals surface area contributed by atoms with Crippen molar-refractivity contribution in [3.05, 3.63) is 77.4 Å². The second-order valence-corrected chi connectivity index (χ2v) is 7.03. The average Bonchev–Trinajstić information content (AvgIpc) is 2.82. The first kappa shape index (κ1) is 23.3. The molecule has 0 fully saturated rings. The SMILES string of the molecule is COc1cc(C=Cc2cccc(O)c2NC(=O)/C=C/c2cccc(N)c2)cc(OC)c1OC. The summed E-state index contributed by atoms with van der Waals surface area (Å²) in [4.78, 5) is 12.5. The number of aromatic hydroxyl groups is 1. The molecule has 33 heavy (non-hydrogen) atoms. The molecule has 170 valence electrons. The van der Waals surface area contributed by atoms with Gasteiger partial charge in [-0.3, -0.25) is 4.79 Å². The van der Waals surface area contributed by atoms with Gasteiger partial charge in [0.25, 0.3) is 0 Å². The van der Waals surface area contributed by atoms with Gasteiger partial charge >= 0.3 is 0 Å². The van der Waals surface area contributed by atoms with Crippen molar-refractivity contribution in [2.45, 2.75) is 0 Å². The molecule has 1 amide bonds. The standard InChI is InChI=1S/C26H26N2O5/c1-31-22-15-18(16-23(32-2)26(22)33-3)10-12-19-7-5-9-21(29)25(19)28-24(30)13-11-17-6-4-8-20(27)14-17/h4-16,29H,27H2,1-3H3,(H,28,30)/b12-10?,13-11+. The van der Waals surface area contributed by atoms with E-state index in [1.165, 1.54) is 12.1 Å². The van der Waals surface area contributed by atoms with E-state index in [-0.39, 0.29) is 11.7 Å². The summed E-state index contributed by atoms with van der Waals surface area (Å²) in [7, 11) is 4.63. The number of anilines is 2. The normalized spacial score (nSPS) is 11.0. The van der Waals surface area contributed by atoms with Crippen LogP contribution in [0.25, 0.3) is 18.2 Å². The number of phenols is 1. The summed E-state index contributed by atoms with van der Waals surface area (Å²) >= 11 is 0. The fourth-order valence-corrected chi connectivity index (χ4v) is 3.22. The van der Waals surface area contributed by atoms with Gasteiger partial charge in [0.1, 0.15) is 5.75 Å². The van der Waals surface area contributed by atoms with Crippen LogP contribution in [0, 0.1) is 0 Å². The van der Waals surface area contributed by atoms with Gasteiger partial charge in [-0.05, 0) is 47.5 Å². The summed E-state index contributed by atoms with van der Waals surface area (Å²) in [6.07, 6.45) is 6.63. The lowest BCUT2D eigenvalue weighted by Gasteiger charge is -2.13. The summed E-state index contributed by atoms with van der Waals surface area (Å²) in [5, 5.41) is 13.1. The number of para-hydroxylation sites is 1. The fourth-order valence-electron chi connectivity index (χ4n) is 3.22. The Kier molecular flexibility index (Phi) is 7.60. The number of hydrogen-bond donors (Lipinski definition) is 3. The van der Waals surface area contributed by atoms with E-state index >= 15 is 0 Å². The minimum Gasteiger partial charge on any atom is -0.506 e. The molecule has 7 heteroatoms. The van der Waals surface area contributed by atoms with E-state index in [2.05, 4.69) is 5.32 Å². The van der Waals surface area contributed by atoms with Crippen LogP contribution in [0.3, 0.4) is 0 Å². The number of nitrogens with one attached hydrogen (secondary N) is 1. The average molecular weight is 447 g/mol. The molecule has 0 unspecified atom stereocenters. The first-order valence-electron chi connectivity index (χ1n) is 10.1. The van der Waals surface area contributed by atoms with Crippen LogP contribution in [-0.2, 0) is 4.79 Å². The fraction of sp³-hybridized carbons (Fsp3) is 0.115. The second kappa shape index (κ2) is 10.8. The van der Waals surface area contributed by atoms with Crippen LogP contribution in [0.5, 0.6) is 23.0 Å². The van der Waals surface area contributed by atoms with E-state index in [0.29, 0.717) is 34.2 Å². The van der Waals surface area contributed by atoms with Crippen molar-refractivity contribution >= 4 is 35.5 Å². The predicted octanol–water partition coefficient (Wildman–Crippen LogP) is 4.82. The Morgan fingerprint density at radius 1 is 0.879 bits per heavy atom. The monoisotopic (exact) mass is 446 g/mol. The molecule has 0 aliphatic heterocycles. The zero-order valence-electron chi connectivity index (χ0n) is 18.7. The Balaban J connectivity index is 1.85. The quantitative estimate of drug-likeness (QED) is 0.198. The highest BCUT2D eigenvalue weighted by molar-refractivity contribution is 6.04. The van der Waals surface area contributed by atoms with Crippen molar-refractivity contribution in [2.75, 3.05) is 32.4 Å². The third-order valence-corrected chi connectivity index (χ3v) is 4.80. The molecule has 3 rings (SSSR count). The van der Waals surface area contributed by atoms with Crippen LogP contribution in [0.1, 0.15) is 16.7 Å². The number of ether oxygens (including phenoxy) is 3. The lowest BCUT2D eigenvalue weighted by molar-refractivity contribution is -0.111. The summed E-state index contributed by atoms with van der Waals surface area (Å²) in [5.41, 5.74) is 8.87. The van der Waals surface area contributed by atoms with Gasteiger partial charge in [0.05, 0.1) is 27.0 Å². The van der Waals surface area contributed by atoms with Crippen LogP contribution in [0.2, 0.25) is 0 Å². The molecule has 0 atom stereocenters. The van der Waals surface area contributed by atoms with E-state index in [0.717, 1.165) is 11.1 Å². The number of carbonyl (C=O) groups is 1. The van der Waals surface area contributed by atoms with E-state index in [1.54, 1.807) is 69.9 Å². The van der Waals surface area contributed by atoms with E-state index < -0.39 is 0 Å². The van der Waals surface area contributed by atoms with Gasteiger partial charge in [0.15, 0.2) is 11.5 Å². The zero-order chi connectivity index (χ0) is 23.8. The third-order valence-electron chi connectivity index (χ3n) is 4.80. The lowest BCUT2D eigenvalue weighted by atomic mass is 10.1. The van der Waals surface area contributed by atoms with Gasteiger partial charge in [-0.1, -0.05) is 36.4 Å². The molecular weight excluding hydrogens is 420 g/mol. The smallest absolute Gasteiger partial charge is 0.248 e. The Morgan fingerprint density at radius 2 is 1.58 bits per heavy atom. The zero-order valence-corrected chi connectivity index (χ0v) is 18.7. The first-order chi connectivity index (χ1) is 15.9. The van der Waals surface area contributed by atoms with E-state index in [9.17, 15) is 9.90 Å². The Morgan fingerprint density at radius 3 is 2.21 bits per heavy atom. The molecule has 4 N–H and O–H groups in total. The topological polar surface area (TPSA) is 103 Å². The number of nitrogens with two attached hydrogens (primary N) is 1. The summed E-state index contributed by atoms with van der Waals surface area (Å²) in [5.74, 6) is 1.10. The second-order valence-electron chi connectivity index (χ2n) is 7.03. The molecule has 0 saturated heterocycles. The van der Waals surface area contributed by atoms with Crippen LogP contribution >= 0.6 is 0 Å². The van der Waals surface area contributed by atoms with E-state index in [1.807, 2.05) is 18.2 Å². The molecule has 0 heterocycles. The maximum absolute atomic E-state index is 12.5. The van der Waals surface area contributed by atoms with Crippen molar-refractivity contribution in [3.8, 4) is 23.0 Å².